The lowest BCUT2D eigenvalue weighted by atomic mass is 9.76. The molecular weight excluding hydrogens is 200 g/mol. The van der Waals surface area contributed by atoms with Crippen molar-refractivity contribution in [2.75, 3.05) is 5.73 Å². The van der Waals surface area contributed by atoms with Gasteiger partial charge >= 0.3 is 0 Å². The highest BCUT2D eigenvalue weighted by atomic mass is 16.1. The molecule has 0 atom stereocenters. The molecule has 4 N–H and O–H groups in total. The molecule has 0 saturated heterocycles. The Morgan fingerprint density at radius 2 is 1.69 bits per heavy atom. The first-order valence-corrected chi connectivity index (χ1v) is 5.68. The summed E-state index contributed by atoms with van der Waals surface area (Å²) in [5.41, 5.74) is 12.6. The third-order valence-corrected chi connectivity index (χ3v) is 3.40. The minimum Gasteiger partial charge on any atom is -0.399 e. The Labute approximate surface area is 96.8 Å². The zero-order chi connectivity index (χ0) is 12.2. The molecule has 0 saturated carbocycles. The standard InChI is InChI=1S/C13H20N2O/c1-3-13(4-2,12(15)16)9-10-5-7-11(14)8-6-10/h5-8H,3-4,9,14H2,1-2H3,(H2,15,16). The summed E-state index contributed by atoms with van der Waals surface area (Å²) >= 11 is 0. The molecule has 0 spiro atoms. The summed E-state index contributed by atoms with van der Waals surface area (Å²) in [4.78, 5) is 11.6. The SMILES string of the molecule is CCC(CC)(Cc1ccc(N)cc1)C(N)=O. The van der Waals surface area contributed by atoms with E-state index >= 15 is 0 Å². The number of rotatable bonds is 5. The van der Waals surface area contributed by atoms with Gasteiger partial charge in [-0.05, 0) is 37.0 Å². The smallest absolute Gasteiger partial charge is 0.223 e. The van der Waals surface area contributed by atoms with Crippen LogP contribution in [0.3, 0.4) is 0 Å². The van der Waals surface area contributed by atoms with E-state index in [1.54, 1.807) is 0 Å². The number of carbonyl (C=O) groups is 1. The second-order valence-electron chi connectivity index (χ2n) is 4.27. The van der Waals surface area contributed by atoms with Gasteiger partial charge in [0.2, 0.25) is 5.91 Å². The Bertz CT molecular complexity index is 353. The molecule has 88 valence electrons. The Hall–Kier alpha value is -1.51. The summed E-state index contributed by atoms with van der Waals surface area (Å²) < 4.78 is 0. The highest BCUT2D eigenvalue weighted by Crippen LogP contribution is 2.30. The minimum atomic E-state index is -0.421. The first kappa shape index (κ1) is 12.6. The van der Waals surface area contributed by atoms with Crippen LogP contribution in [0, 0.1) is 5.41 Å². The highest BCUT2D eigenvalue weighted by Gasteiger charge is 2.32. The fourth-order valence-electron chi connectivity index (χ4n) is 1.96. The average molecular weight is 220 g/mol. The van der Waals surface area contributed by atoms with E-state index in [2.05, 4.69) is 0 Å². The summed E-state index contributed by atoms with van der Waals surface area (Å²) in [6.07, 6.45) is 2.22. The Morgan fingerprint density at radius 1 is 1.19 bits per heavy atom. The number of carbonyl (C=O) groups excluding carboxylic acids is 1. The maximum absolute atomic E-state index is 11.6. The molecule has 0 fully saturated rings. The zero-order valence-electron chi connectivity index (χ0n) is 9.99. The third-order valence-electron chi connectivity index (χ3n) is 3.40. The van der Waals surface area contributed by atoms with Crippen LogP contribution < -0.4 is 11.5 Å². The highest BCUT2D eigenvalue weighted by molar-refractivity contribution is 5.81. The van der Waals surface area contributed by atoms with E-state index in [4.69, 9.17) is 11.5 Å². The maximum Gasteiger partial charge on any atom is 0.223 e. The summed E-state index contributed by atoms with van der Waals surface area (Å²) in [5, 5.41) is 0. The quantitative estimate of drug-likeness (QED) is 0.746. The molecule has 1 aromatic carbocycles. The van der Waals surface area contributed by atoms with Gasteiger partial charge in [0, 0.05) is 5.69 Å². The summed E-state index contributed by atoms with van der Waals surface area (Å²) in [7, 11) is 0. The van der Waals surface area contributed by atoms with E-state index < -0.39 is 5.41 Å². The molecule has 3 nitrogen and oxygen atoms in total. The number of hydrogen-bond donors (Lipinski definition) is 2. The number of primary amides is 1. The largest absolute Gasteiger partial charge is 0.399 e. The van der Waals surface area contributed by atoms with E-state index in [9.17, 15) is 4.79 Å². The van der Waals surface area contributed by atoms with Gasteiger partial charge in [-0.2, -0.15) is 0 Å². The Kier molecular flexibility index (Phi) is 3.93. The van der Waals surface area contributed by atoms with Crippen LogP contribution in [0.5, 0.6) is 0 Å². The number of nitrogen functional groups attached to an aromatic ring is 1. The van der Waals surface area contributed by atoms with Gasteiger partial charge in [-0.1, -0.05) is 26.0 Å². The average Bonchev–Trinajstić information content (AvgIpc) is 2.28. The Balaban J connectivity index is 2.91. The molecule has 3 heteroatoms. The van der Waals surface area contributed by atoms with Crippen molar-refractivity contribution in [3.05, 3.63) is 29.8 Å². The predicted molar refractivity (Wildman–Crippen MR) is 66.8 cm³/mol. The van der Waals surface area contributed by atoms with Gasteiger partial charge in [-0.25, -0.2) is 0 Å². The molecule has 16 heavy (non-hydrogen) atoms. The van der Waals surface area contributed by atoms with Crippen molar-refractivity contribution in [3.63, 3.8) is 0 Å². The molecule has 0 unspecified atom stereocenters. The van der Waals surface area contributed by atoms with Crippen molar-refractivity contribution in [1.82, 2.24) is 0 Å². The number of amides is 1. The van der Waals surface area contributed by atoms with E-state index in [1.807, 2.05) is 38.1 Å². The lowest BCUT2D eigenvalue weighted by molar-refractivity contribution is -0.128. The van der Waals surface area contributed by atoms with Gasteiger partial charge in [-0.3, -0.25) is 4.79 Å². The lowest BCUT2D eigenvalue weighted by Crippen LogP contribution is -2.38. The molecule has 0 radical (unpaired) electrons. The van der Waals surface area contributed by atoms with Crippen LogP contribution in [0.2, 0.25) is 0 Å². The van der Waals surface area contributed by atoms with Crippen molar-refractivity contribution >= 4 is 11.6 Å². The van der Waals surface area contributed by atoms with Crippen LogP contribution in [0.25, 0.3) is 0 Å². The van der Waals surface area contributed by atoms with Crippen molar-refractivity contribution in [2.24, 2.45) is 11.1 Å². The molecule has 1 rings (SSSR count). The van der Waals surface area contributed by atoms with Gasteiger partial charge in [-0.15, -0.1) is 0 Å². The fourth-order valence-corrected chi connectivity index (χ4v) is 1.96. The van der Waals surface area contributed by atoms with E-state index in [0.29, 0.717) is 6.42 Å². The van der Waals surface area contributed by atoms with Crippen LogP contribution in [0.4, 0.5) is 5.69 Å². The maximum atomic E-state index is 11.6. The summed E-state index contributed by atoms with van der Waals surface area (Å²) in [6, 6.07) is 7.62. The van der Waals surface area contributed by atoms with Crippen LogP contribution in [-0.4, -0.2) is 5.91 Å². The van der Waals surface area contributed by atoms with Crippen LogP contribution in [0.1, 0.15) is 32.3 Å². The summed E-state index contributed by atoms with van der Waals surface area (Å²) in [6.45, 7) is 4.01. The topological polar surface area (TPSA) is 69.1 Å². The molecule has 1 aromatic rings. The normalized spacial score (nSPS) is 11.4. The van der Waals surface area contributed by atoms with Crippen molar-refractivity contribution in [1.29, 1.82) is 0 Å². The lowest BCUT2D eigenvalue weighted by Gasteiger charge is -2.28. The number of benzene rings is 1. The fraction of sp³-hybridized carbons (Fsp3) is 0.462. The molecule has 0 heterocycles. The third kappa shape index (κ3) is 2.54. The second kappa shape index (κ2) is 5.01. The monoisotopic (exact) mass is 220 g/mol. The first-order valence-electron chi connectivity index (χ1n) is 5.68. The Morgan fingerprint density at radius 3 is 2.06 bits per heavy atom. The van der Waals surface area contributed by atoms with Crippen molar-refractivity contribution in [3.8, 4) is 0 Å². The van der Waals surface area contributed by atoms with Crippen molar-refractivity contribution in [2.45, 2.75) is 33.1 Å². The number of hydrogen-bond acceptors (Lipinski definition) is 2. The second-order valence-corrected chi connectivity index (χ2v) is 4.27. The molecular formula is C13H20N2O. The molecule has 0 aliphatic rings. The number of anilines is 1. The van der Waals surface area contributed by atoms with Gasteiger partial charge in [0.05, 0.1) is 5.41 Å². The number of nitrogens with two attached hydrogens (primary N) is 2. The van der Waals surface area contributed by atoms with Gasteiger partial charge < -0.3 is 11.5 Å². The van der Waals surface area contributed by atoms with Crippen LogP contribution >= 0.6 is 0 Å². The van der Waals surface area contributed by atoms with Crippen LogP contribution in [0.15, 0.2) is 24.3 Å². The molecule has 0 bridgehead atoms. The van der Waals surface area contributed by atoms with Crippen molar-refractivity contribution < 1.29 is 4.79 Å². The predicted octanol–water partition coefficient (Wildman–Crippen LogP) is 2.10. The van der Waals surface area contributed by atoms with Gasteiger partial charge in [0.1, 0.15) is 0 Å². The molecule has 1 amide bonds. The molecule has 0 aliphatic heterocycles. The van der Waals surface area contributed by atoms with E-state index in [0.717, 1.165) is 24.1 Å². The summed E-state index contributed by atoms with van der Waals surface area (Å²) in [5.74, 6) is -0.214. The van der Waals surface area contributed by atoms with Gasteiger partial charge in [0.25, 0.3) is 0 Å². The first-order chi connectivity index (χ1) is 7.54. The van der Waals surface area contributed by atoms with Crippen LogP contribution in [-0.2, 0) is 11.2 Å². The molecule has 0 aromatic heterocycles. The molecule has 0 aliphatic carbocycles. The van der Waals surface area contributed by atoms with E-state index in [-0.39, 0.29) is 5.91 Å². The van der Waals surface area contributed by atoms with E-state index in [1.165, 1.54) is 0 Å². The minimum absolute atomic E-state index is 0.214. The van der Waals surface area contributed by atoms with Gasteiger partial charge in [0.15, 0.2) is 0 Å². The zero-order valence-corrected chi connectivity index (χ0v) is 9.99.